The van der Waals surface area contributed by atoms with Gasteiger partial charge >= 0.3 is 0 Å². The van der Waals surface area contributed by atoms with E-state index in [9.17, 15) is 0 Å². The van der Waals surface area contributed by atoms with Gasteiger partial charge in [0.1, 0.15) is 0 Å². The monoisotopic (exact) mass is 1760 g/mol. The number of rotatable bonds is 64. The van der Waals surface area contributed by atoms with Gasteiger partial charge in [-0.05, 0) is 219 Å². The third-order valence-corrected chi connectivity index (χ3v) is 27.5. The van der Waals surface area contributed by atoms with E-state index < -0.39 is 0 Å². The lowest BCUT2D eigenvalue weighted by Gasteiger charge is -2.18. The molecule has 3 aromatic heterocycles. The number of hydrogen-bond acceptors (Lipinski definition) is 10. The van der Waals surface area contributed by atoms with Crippen LogP contribution >= 0.6 is 0 Å². The lowest BCUT2D eigenvalue weighted by atomic mass is 9.97. The average molecular weight is 1760 g/mol. The fraction of sp³-hybridized carbons (Fsp3) is 0.690. The van der Waals surface area contributed by atoms with Crippen molar-refractivity contribution in [3.63, 3.8) is 0 Å². The molecular formula is C116H182N4O8. The predicted octanol–water partition coefficient (Wildman–Crippen LogP) is 35.1. The fourth-order valence-electron chi connectivity index (χ4n) is 18.5. The Labute approximate surface area is 779 Å². The van der Waals surface area contributed by atoms with Crippen LogP contribution in [-0.2, 0) is 0 Å². The molecule has 2 aliphatic heterocycles. The van der Waals surface area contributed by atoms with Crippen molar-refractivity contribution < 1.29 is 37.9 Å². The van der Waals surface area contributed by atoms with Crippen molar-refractivity contribution in [3.05, 3.63) is 72.8 Å². The molecule has 0 spiro atoms. The summed E-state index contributed by atoms with van der Waals surface area (Å²) in [6.45, 7) is 61.1. The normalized spacial score (nSPS) is 14.2. The number of nitrogens with zero attached hydrogens (tertiary/aromatic N) is 2. The molecule has 128 heavy (non-hydrogen) atoms. The van der Waals surface area contributed by atoms with Gasteiger partial charge in [0.25, 0.3) is 0 Å². The van der Waals surface area contributed by atoms with Gasteiger partial charge in [0, 0.05) is 65.9 Å². The number of benzene rings is 4. The van der Waals surface area contributed by atoms with E-state index in [1.54, 1.807) is 0 Å². The zero-order chi connectivity index (χ0) is 92.3. The molecule has 0 aliphatic carbocycles. The molecule has 8 bridgehead atoms. The molecule has 0 unspecified atom stereocenters. The minimum Gasteiger partial charge on any atom is -0.490 e. The quantitative estimate of drug-likeness (QED) is 0.0380. The van der Waals surface area contributed by atoms with E-state index in [0.29, 0.717) is 148 Å². The number of H-pyrrole nitrogens is 2. The predicted molar refractivity (Wildman–Crippen MR) is 549 cm³/mol. The summed E-state index contributed by atoms with van der Waals surface area (Å²) < 4.78 is 57.3. The van der Waals surface area contributed by atoms with E-state index >= 15 is 0 Å². The second-order valence-corrected chi connectivity index (χ2v) is 44.2. The van der Waals surface area contributed by atoms with Gasteiger partial charge in [-0.3, -0.25) is 0 Å². The third-order valence-electron chi connectivity index (χ3n) is 27.5. The van der Waals surface area contributed by atoms with Crippen molar-refractivity contribution >= 4 is 43.6 Å². The smallest absolute Gasteiger partial charge is 0.161 e. The zero-order valence-electron chi connectivity index (χ0n) is 85.6. The summed E-state index contributed by atoms with van der Waals surface area (Å²) in [6.07, 6.45) is 36.6. The van der Waals surface area contributed by atoms with Gasteiger partial charge in [0.15, 0.2) is 46.0 Å². The van der Waals surface area contributed by atoms with Gasteiger partial charge in [-0.25, -0.2) is 9.97 Å². The third kappa shape index (κ3) is 35.1. The first kappa shape index (κ1) is 105. The van der Waals surface area contributed by atoms with Gasteiger partial charge in [0.05, 0.1) is 75.6 Å². The maximum absolute atomic E-state index is 7.16. The summed E-state index contributed by atoms with van der Waals surface area (Å²) in [5.41, 5.74) is 10.7. The van der Waals surface area contributed by atoms with Crippen molar-refractivity contribution in [2.24, 2.45) is 94.7 Å². The summed E-state index contributed by atoms with van der Waals surface area (Å²) in [5, 5.41) is 4.00. The lowest BCUT2D eigenvalue weighted by Crippen LogP contribution is -2.08. The van der Waals surface area contributed by atoms with Crippen LogP contribution in [0.5, 0.6) is 46.0 Å². The topological polar surface area (TPSA) is 131 Å². The van der Waals surface area contributed by atoms with Crippen LogP contribution in [0.4, 0.5) is 0 Å². The van der Waals surface area contributed by atoms with E-state index in [0.717, 1.165) is 186 Å². The molecular weight excluding hydrogens is 1580 g/mol. The zero-order valence-corrected chi connectivity index (χ0v) is 85.6. The summed E-state index contributed by atoms with van der Waals surface area (Å²) in [7, 11) is 0. The van der Waals surface area contributed by atoms with Crippen molar-refractivity contribution in [1.82, 2.24) is 19.9 Å². The SMILES string of the molecule is CC(C)CCC[C@H](C)CCOc1cc2c(cc1OCC[C@@H](C)CCCC(C)C)-c1cc3[nH]c(cc4nc(cc5[nH]c(cc-2n1)c1cc(OCC[C@@H](C)CCCC(C)C)c(OCC[C@@H](C)CCCC(C)C)cc51)-c1cc(OCC[C@@H](C)CCCC(C)C)c(OCC[C@@H](C)CCCC(C)C)cc1-4)c1cc(OCC[C@@H](C)CCCC(C)C)c(OCC[C@@H](C)CCCC(C)C)cc31. The van der Waals surface area contributed by atoms with Crippen LogP contribution in [0.1, 0.15) is 372 Å². The molecule has 4 aromatic carbocycles. The highest BCUT2D eigenvalue weighted by molar-refractivity contribution is 6.12. The standard InChI is InChI=1S/C116H182N4O8/c1-77(2)33-25-41-85(17)49-57-121-109-65-93-94(66-110(109)122-58-50-86(18)42-26-34-78(3)4)102-74-104-97-69-113(125-61-53-89(21)45-29-37-81(9)10)114(126-62-54-90(22)46-30-38-82(11)12)70-98(97)106(119-104)76-108-100-72-116(128-64-56-92(24)48-32-40-84(15)16)115(127-63-55-91(23)47-31-39-83(13)14)71-99(100)107(120-108)75-105-96-68-112(124-60-52-88(20)44-28-36-80(7)8)111(67-95(96)103(118-105)73-101(93)117-102)123-59-51-87(19)43-27-35-79(5)6/h65-92,117,120H,25-64H2,1-24H3/t85-,86-,87-,88-,89-,90-,91-,92-/m0/s1. The Kier molecular flexibility index (Phi) is 44.3. The highest BCUT2D eigenvalue weighted by Gasteiger charge is 2.28. The van der Waals surface area contributed by atoms with E-state index in [-0.39, 0.29) is 0 Å². The number of ether oxygens (including phenoxy) is 8. The molecule has 0 amide bonds. The molecule has 7 aromatic rings. The minimum absolute atomic E-state index is 0.511. The molecule has 0 fully saturated rings. The molecule has 9 rings (SSSR count). The molecule has 0 saturated carbocycles. The summed E-state index contributed by atoms with van der Waals surface area (Å²) in [5.74, 6) is 15.5. The fourth-order valence-corrected chi connectivity index (χ4v) is 18.5. The van der Waals surface area contributed by atoms with Crippen LogP contribution < -0.4 is 37.9 Å². The van der Waals surface area contributed by atoms with Gasteiger partial charge in [-0.1, -0.05) is 320 Å². The maximum atomic E-state index is 7.16. The summed E-state index contributed by atoms with van der Waals surface area (Å²) >= 11 is 0. The van der Waals surface area contributed by atoms with Crippen molar-refractivity contribution in [3.8, 4) is 91.0 Å². The van der Waals surface area contributed by atoms with Crippen LogP contribution in [0.15, 0.2) is 72.8 Å². The number of hydrogen-bond donors (Lipinski definition) is 2. The first-order valence-electron chi connectivity index (χ1n) is 52.4. The molecule has 5 heterocycles. The highest BCUT2D eigenvalue weighted by atomic mass is 16.5. The number of aromatic amines is 2. The molecule has 714 valence electrons. The van der Waals surface area contributed by atoms with Gasteiger partial charge in [-0.15, -0.1) is 0 Å². The van der Waals surface area contributed by atoms with Crippen molar-refractivity contribution in [2.75, 3.05) is 52.9 Å². The van der Waals surface area contributed by atoms with E-state index in [1.165, 1.54) is 154 Å². The first-order valence-corrected chi connectivity index (χ1v) is 52.4. The second kappa shape index (κ2) is 54.2. The lowest BCUT2D eigenvalue weighted by molar-refractivity contribution is 0.237. The molecule has 0 saturated heterocycles. The molecule has 8 atom stereocenters. The summed E-state index contributed by atoms with van der Waals surface area (Å²) in [4.78, 5) is 20.1. The Morgan fingerprint density at radius 3 is 0.461 bits per heavy atom. The van der Waals surface area contributed by atoms with Crippen LogP contribution in [0, 0.1) is 94.7 Å². The Morgan fingerprint density at radius 2 is 0.320 bits per heavy atom. The molecule has 2 N–H and O–H groups in total. The summed E-state index contributed by atoms with van der Waals surface area (Å²) in [6, 6.07) is 27.1. The van der Waals surface area contributed by atoms with Gasteiger partial charge in [0.2, 0.25) is 0 Å². The number of nitrogens with one attached hydrogen (secondary N) is 2. The van der Waals surface area contributed by atoms with Crippen LogP contribution in [-0.4, -0.2) is 72.8 Å². The second-order valence-electron chi connectivity index (χ2n) is 44.2. The van der Waals surface area contributed by atoms with Crippen LogP contribution in [0.3, 0.4) is 0 Å². The van der Waals surface area contributed by atoms with Gasteiger partial charge in [-0.2, -0.15) is 0 Å². The maximum Gasteiger partial charge on any atom is 0.161 e. The Balaban J connectivity index is 1.36. The van der Waals surface area contributed by atoms with E-state index in [4.69, 9.17) is 47.9 Å². The first-order chi connectivity index (χ1) is 61.3. The highest BCUT2D eigenvalue weighted by Crippen LogP contribution is 2.49. The van der Waals surface area contributed by atoms with Crippen LogP contribution in [0.2, 0.25) is 0 Å². The Hall–Kier alpha value is -7.08. The average Bonchev–Trinajstić information content (AvgIpc) is 1.59. The molecule has 0 radical (unpaired) electrons. The molecule has 12 heteroatoms. The van der Waals surface area contributed by atoms with Crippen LogP contribution in [0.25, 0.3) is 88.6 Å². The number of fused-ring (bicyclic) bond motifs is 20. The molecule has 2 aliphatic rings. The van der Waals surface area contributed by atoms with E-state index in [2.05, 4.69) is 249 Å². The molecule has 12 nitrogen and oxygen atoms in total. The van der Waals surface area contributed by atoms with Crippen molar-refractivity contribution in [1.29, 1.82) is 0 Å². The van der Waals surface area contributed by atoms with E-state index in [1.807, 2.05) is 0 Å². The minimum atomic E-state index is 0.511. The Morgan fingerprint density at radius 1 is 0.180 bits per heavy atom. The Bertz CT molecular complexity index is 4020. The number of aromatic nitrogens is 4. The largest absolute Gasteiger partial charge is 0.490 e. The van der Waals surface area contributed by atoms with Crippen molar-refractivity contribution in [2.45, 2.75) is 372 Å². The van der Waals surface area contributed by atoms with Gasteiger partial charge < -0.3 is 47.9 Å².